The van der Waals surface area contributed by atoms with Crippen molar-refractivity contribution in [2.75, 3.05) is 26.2 Å². The summed E-state index contributed by atoms with van der Waals surface area (Å²) >= 11 is 0. The van der Waals surface area contributed by atoms with Crippen LogP contribution in [0.3, 0.4) is 0 Å². The van der Waals surface area contributed by atoms with Crippen LogP contribution in [-0.4, -0.2) is 76.4 Å². The fourth-order valence-corrected chi connectivity index (χ4v) is 5.15. The highest BCUT2D eigenvalue weighted by Crippen LogP contribution is 2.37. The number of hydrogen-bond donors (Lipinski definition) is 2. The third-order valence-corrected chi connectivity index (χ3v) is 7.27. The maximum atomic E-state index is 14.1. The minimum absolute atomic E-state index is 0.0155. The van der Waals surface area contributed by atoms with Crippen LogP contribution < -0.4 is 5.32 Å². The number of piperazine rings is 1. The van der Waals surface area contributed by atoms with Crippen LogP contribution in [0.15, 0.2) is 40.8 Å². The Labute approximate surface area is 230 Å². The third kappa shape index (κ3) is 6.58. The molecule has 2 heterocycles. The molecule has 7 nitrogen and oxygen atoms in total. The van der Waals surface area contributed by atoms with E-state index in [0.717, 1.165) is 26.9 Å². The van der Waals surface area contributed by atoms with Gasteiger partial charge >= 0.3 is 12.1 Å². The van der Waals surface area contributed by atoms with E-state index in [2.05, 4.69) is 31.0 Å². The zero-order valence-corrected chi connectivity index (χ0v) is 23.2. The van der Waals surface area contributed by atoms with Crippen LogP contribution in [0.1, 0.15) is 63.0 Å². The SMILES string of the molecule is CC(C)(F)C[C@H](N[C@@H](c1ccc2c(c1)oc1ccc(C(=O)N3CCN(C(C)(C)C)CC3)cc12)C(F)(F)F)C(=O)O. The molecular formula is C29H35F4N3O4. The molecule has 218 valence electrons. The van der Waals surface area contributed by atoms with Crippen molar-refractivity contribution in [1.29, 1.82) is 0 Å². The Kier molecular flexibility index (Phi) is 7.94. The summed E-state index contributed by atoms with van der Waals surface area (Å²) in [6.07, 6.45) is -5.51. The first-order valence-electron chi connectivity index (χ1n) is 13.2. The Morgan fingerprint density at radius 3 is 2.12 bits per heavy atom. The van der Waals surface area contributed by atoms with Gasteiger partial charge < -0.3 is 14.4 Å². The second-order valence-electron chi connectivity index (χ2n) is 12.0. The number of carbonyl (C=O) groups excluding carboxylic acids is 1. The van der Waals surface area contributed by atoms with Gasteiger partial charge in [0.15, 0.2) is 0 Å². The van der Waals surface area contributed by atoms with E-state index in [1.165, 1.54) is 18.2 Å². The lowest BCUT2D eigenvalue weighted by Gasteiger charge is -2.42. The van der Waals surface area contributed by atoms with Gasteiger partial charge in [-0.25, -0.2) is 4.39 Å². The molecule has 2 N–H and O–H groups in total. The number of halogens is 4. The van der Waals surface area contributed by atoms with Gasteiger partial charge in [0.2, 0.25) is 0 Å². The van der Waals surface area contributed by atoms with Crippen molar-refractivity contribution in [3.63, 3.8) is 0 Å². The normalized spacial score (nSPS) is 17.4. The Morgan fingerprint density at radius 2 is 1.57 bits per heavy atom. The Bertz CT molecular complexity index is 1400. The number of nitrogens with zero attached hydrogens (tertiary/aromatic N) is 2. The van der Waals surface area contributed by atoms with Gasteiger partial charge in [0.25, 0.3) is 5.91 Å². The van der Waals surface area contributed by atoms with E-state index < -0.39 is 36.3 Å². The molecule has 0 saturated carbocycles. The molecule has 2 atom stereocenters. The predicted molar refractivity (Wildman–Crippen MR) is 144 cm³/mol. The molecule has 1 saturated heterocycles. The van der Waals surface area contributed by atoms with Crippen molar-refractivity contribution in [3.8, 4) is 0 Å². The van der Waals surface area contributed by atoms with Crippen molar-refractivity contribution in [3.05, 3.63) is 47.5 Å². The van der Waals surface area contributed by atoms with Crippen LogP contribution in [0.2, 0.25) is 0 Å². The largest absolute Gasteiger partial charge is 0.480 e. The first-order valence-corrected chi connectivity index (χ1v) is 13.2. The predicted octanol–water partition coefficient (Wildman–Crippen LogP) is 5.93. The number of carboxylic acid groups (broad SMARTS) is 1. The van der Waals surface area contributed by atoms with Crippen molar-refractivity contribution >= 4 is 33.8 Å². The molecule has 0 bridgehead atoms. The highest BCUT2D eigenvalue weighted by atomic mass is 19.4. The average Bonchev–Trinajstić information content (AvgIpc) is 3.21. The molecule has 1 amide bonds. The quantitative estimate of drug-likeness (QED) is 0.346. The number of furan rings is 1. The van der Waals surface area contributed by atoms with Gasteiger partial charge in [-0.1, -0.05) is 12.1 Å². The summed E-state index contributed by atoms with van der Waals surface area (Å²) in [6.45, 7) is 11.3. The van der Waals surface area contributed by atoms with Crippen LogP contribution in [0, 0.1) is 0 Å². The van der Waals surface area contributed by atoms with Gasteiger partial charge in [0.05, 0.1) is 0 Å². The number of amides is 1. The molecule has 0 unspecified atom stereocenters. The monoisotopic (exact) mass is 565 g/mol. The smallest absolute Gasteiger partial charge is 0.407 e. The molecule has 1 fully saturated rings. The van der Waals surface area contributed by atoms with E-state index in [1.54, 1.807) is 23.1 Å². The standard InChI is InChI=1S/C29H35F4N3O4/c1-27(2,3)36-12-10-35(11-13-36)25(37)18-7-9-22-20(14-18)19-8-6-17(15-23(19)40-22)24(29(31,32)33)34-21(26(38)39)16-28(4,5)30/h6-9,14-15,21,24,34H,10-13,16H2,1-5H3,(H,38,39)/t21-,24-/m0/s1. The van der Waals surface area contributed by atoms with Crippen LogP contribution in [0.25, 0.3) is 21.9 Å². The molecule has 2 aromatic carbocycles. The molecule has 40 heavy (non-hydrogen) atoms. The van der Waals surface area contributed by atoms with Crippen LogP contribution in [0.4, 0.5) is 17.6 Å². The lowest BCUT2D eigenvalue weighted by Crippen LogP contribution is -2.54. The highest BCUT2D eigenvalue weighted by Gasteiger charge is 2.44. The molecule has 1 aliphatic heterocycles. The maximum absolute atomic E-state index is 14.1. The number of benzene rings is 2. The Hall–Kier alpha value is -3.18. The van der Waals surface area contributed by atoms with Gasteiger partial charge in [-0.2, -0.15) is 13.2 Å². The fourth-order valence-electron chi connectivity index (χ4n) is 5.15. The second-order valence-corrected chi connectivity index (χ2v) is 12.0. The number of alkyl halides is 4. The van der Waals surface area contributed by atoms with E-state index >= 15 is 0 Å². The van der Waals surface area contributed by atoms with E-state index in [4.69, 9.17) is 4.42 Å². The molecular weight excluding hydrogens is 530 g/mol. The lowest BCUT2D eigenvalue weighted by atomic mass is 9.97. The van der Waals surface area contributed by atoms with E-state index in [0.29, 0.717) is 35.0 Å². The van der Waals surface area contributed by atoms with E-state index in [-0.39, 0.29) is 22.6 Å². The topological polar surface area (TPSA) is 86.0 Å². The number of carboxylic acids is 1. The first-order chi connectivity index (χ1) is 18.4. The first kappa shape index (κ1) is 29.8. The van der Waals surface area contributed by atoms with Gasteiger partial charge in [0, 0.05) is 54.5 Å². The number of hydrogen-bond acceptors (Lipinski definition) is 5. The van der Waals surface area contributed by atoms with Crippen LogP contribution in [-0.2, 0) is 4.79 Å². The summed E-state index contributed by atoms with van der Waals surface area (Å²) in [5, 5.41) is 12.6. The van der Waals surface area contributed by atoms with Crippen LogP contribution in [0.5, 0.6) is 0 Å². The summed E-state index contributed by atoms with van der Waals surface area (Å²) in [5.41, 5.74) is -1.23. The molecule has 11 heteroatoms. The van der Waals surface area contributed by atoms with Crippen molar-refractivity contribution in [2.24, 2.45) is 0 Å². The fraction of sp³-hybridized carbons (Fsp3) is 0.517. The van der Waals surface area contributed by atoms with Gasteiger partial charge in [-0.15, -0.1) is 0 Å². The maximum Gasteiger partial charge on any atom is 0.407 e. The lowest BCUT2D eigenvalue weighted by molar-refractivity contribution is -0.164. The Morgan fingerprint density at radius 1 is 0.925 bits per heavy atom. The molecule has 0 spiro atoms. The van der Waals surface area contributed by atoms with Gasteiger partial charge in [0.1, 0.15) is 28.9 Å². The zero-order chi connectivity index (χ0) is 29.6. The summed E-state index contributed by atoms with van der Waals surface area (Å²) in [5.74, 6) is -1.71. The van der Waals surface area contributed by atoms with Crippen molar-refractivity contribution in [1.82, 2.24) is 15.1 Å². The number of aliphatic carboxylic acids is 1. The van der Waals surface area contributed by atoms with Crippen molar-refractivity contribution < 1.29 is 36.7 Å². The summed E-state index contributed by atoms with van der Waals surface area (Å²) in [4.78, 5) is 29.0. The van der Waals surface area contributed by atoms with Crippen molar-refractivity contribution in [2.45, 2.75) is 70.5 Å². The minimum atomic E-state index is -4.86. The minimum Gasteiger partial charge on any atom is -0.480 e. The second kappa shape index (κ2) is 10.7. The van der Waals surface area contributed by atoms with Gasteiger partial charge in [-0.05, 0) is 64.4 Å². The third-order valence-electron chi connectivity index (χ3n) is 7.27. The summed E-state index contributed by atoms with van der Waals surface area (Å²) in [7, 11) is 0. The Balaban J connectivity index is 1.62. The number of nitrogens with one attached hydrogen (secondary N) is 1. The number of rotatable bonds is 7. The highest BCUT2D eigenvalue weighted by molar-refractivity contribution is 6.08. The zero-order valence-electron chi connectivity index (χ0n) is 23.2. The summed E-state index contributed by atoms with van der Waals surface area (Å²) < 4.78 is 62.1. The molecule has 1 aromatic heterocycles. The number of fused-ring (bicyclic) bond motifs is 3. The molecule has 1 aliphatic rings. The molecule has 0 aliphatic carbocycles. The summed E-state index contributed by atoms with van der Waals surface area (Å²) in [6, 6.07) is 4.71. The molecule has 3 aromatic rings. The van der Waals surface area contributed by atoms with E-state index in [9.17, 15) is 32.3 Å². The average molecular weight is 566 g/mol. The molecule has 0 radical (unpaired) electrons. The number of carbonyl (C=O) groups is 2. The molecule has 4 rings (SSSR count). The van der Waals surface area contributed by atoms with Crippen LogP contribution >= 0.6 is 0 Å². The van der Waals surface area contributed by atoms with E-state index in [1.807, 2.05) is 0 Å². The van der Waals surface area contributed by atoms with Gasteiger partial charge in [-0.3, -0.25) is 19.8 Å².